The number of nitrogens with zero attached hydrogens (tertiary/aromatic N) is 1. The monoisotopic (exact) mass is 145 g/mol. The van der Waals surface area contributed by atoms with Gasteiger partial charge in [-0.25, -0.2) is 0 Å². The molecule has 0 aromatic heterocycles. The van der Waals surface area contributed by atoms with E-state index in [1.54, 1.807) is 0 Å². The molecule has 0 saturated heterocycles. The topological polar surface area (TPSA) is 4.93 Å². The number of pyridine rings is 1. The molecular formula is C10H11N. The van der Waals surface area contributed by atoms with E-state index in [2.05, 4.69) is 49.0 Å². The molecule has 56 valence electrons. The van der Waals surface area contributed by atoms with Crippen molar-refractivity contribution in [3.63, 3.8) is 0 Å². The van der Waals surface area contributed by atoms with Crippen LogP contribution in [-0.2, 0) is 7.05 Å². The van der Waals surface area contributed by atoms with E-state index in [1.807, 2.05) is 0 Å². The van der Waals surface area contributed by atoms with Crippen LogP contribution in [0.2, 0.25) is 0 Å². The minimum atomic E-state index is 1.30. The Balaban J connectivity index is 2.79. The molecule has 1 aliphatic heterocycles. The van der Waals surface area contributed by atoms with Gasteiger partial charge in [-0.15, -0.1) is 0 Å². The highest BCUT2D eigenvalue weighted by Crippen LogP contribution is 2.22. The zero-order valence-corrected chi connectivity index (χ0v) is 6.83. The summed E-state index contributed by atoms with van der Waals surface area (Å²) in [4.78, 5) is 0. The van der Waals surface area contributed by atoms with Crippen molar-refractivity contribution >= 4 is 0 Å². The Bertz CT molecular complexity index is 346. The molecule has 0 radical (unpaired) electrons. The molecule has 0 atom stereocenters. The van der Waals surface area contributed by atoms with Crippen molar-refractivity contribution < 1.29 is 0 Å². The van der Waals surface area contributed by atoms with E-state index in [0.717, 1.165) is 0 Å². The van der Waals surface area contributed by atoms with Gasteiger partial charge < -0.3 is 4.57 Å². The maximum atomic E-state index is 2.20. The zero-order chi connectivity index (χ0) is 7.84. The fourth-order valence-electron chi connectivity index (χ4n) is 1.53. The highest BCUT2D eigenvalue weighted by Gasteiger charge is 2.02. The molecule has 1 heterocycles. The average Bonchev–Trinajstić information content (AvgIpc) is 2.34. The van der Waals surface area contributed by atoms with Gasteiger partial charge in [0.1, 0.15) is 0 Å². The first kappa shape index (κ1) is 6.47. The number of aryl methyl sites for hydroxylation is 2. The average molecular weight is 145 g/mol. The molecule has 1 aliphatic carbocycles. The number of rotatable bonds is 0. The fourth-order valence-corrected chi connectivity index (χ4v) is 1.53. The lowest BCUT2D eigenvalue weighted by molar-refractivity contribution is 0.907. The van der Waals surface area contributed by atoms with E-state index >= 15 is 0 Å². The second-order valence-corrected chi connectivity index (χ2v) is 2.99. The summed E-state index contributed by atoms with van der Waals surface area (Å²) >= 11 is 0. The van der Waals surface area contributed by atoms with E-state index in [-0.39, 0.29) is 0 Å². The van der Waals surface area contributed by atoms with Crippen molar-refractivity contribution in [3.05, 3.63) is 36.0 Å². The van der Waals surface area contributed by atoms with Gasteiger partial charge in [0, 0.05) is 18.9 Å². The Morgan fingerprint density at radius 1 is 1.27 bits per heavy atom. The molecule has 1 heteroatoms. The second-order valence-electron chi connectivity index (χ2n) is 2.99. The lowest BCUT2D eigenvalue weighted by Gasteiger charge is -2.07. The van der Waals surface area contributed by atoms with Crippen LogP contribution in [0.25, 0.3) is 11.3 Å². The molecule has 0 amide bonds. The first-order chi connectivity index (χ1) is 5.27. The van der Waals surface area contributed by atoms with Gasteiger partial charge >= 0.3 is 0 Å². The summed E-state index contributed by atoms with van der Waals surface area (Å²) in [5, 5.41) is 0. The molecule has 11 heavy (non-hydrogen) atoms. The van der Waals surface area contributed by atoms with Gasteiger partial charge in [0.25, 0.3) is 0 Å². The summed E-state index contributed by atoms with van der Waals surface area (Å²) < 4.78 is 2.16. The van der Waals surface area contributed by atoms with Crippen LogP contribution in [0.1, 0.15) is 5.56 Å². The van der Waals surface area contributed by atoms with Crippen LogP contribution < -0.4 is 0 Å². The molecule has 2 aliphatic rings. The third-order valence-electron chi connectivity index (χ3n) is 1.99. The van der Waals surface area contributed by atoms with Gasteiger partial charge in [-0.3, -0.25) is 0 Å². The van der Waals surface area contributed by atoms with Crippen LogP contribution in [-0.4, -0.2) is 4.57 Å². The van der Waals surface area contributed by atoms with Crippen molar-refractivity contribution in [1.29, 1.82) is 0 Å². The SMILES string of the molecule is Cc1cc2cccc-2n(C)c1. The summed E-state index contributed by atoms with van der Waals surface area (Å²) in [7, 11) is 2.08. The van der Waals surface area contributed by atoms with Crippen LogP contribution in [0, 0.1) is 6.92 Å². The molecule has 0 aromatic rings. The number of hydrogen-bond donors (Lipinski definition) is 0. The maximum absolute atomic E-state index is 2.20. The molecule has 1 nitrogen and oxygen atoms in total. The van der Waals surface area contributed by atoms with Crippen molar-refractivity contribution in [1.82, 2.24) is 4.57 Å². The second kappa shape index (κ2) is 2.12. The first-order valence-corrected chi connectivity index (χ1v) is 3.79. The summed E-state index contributed by atoms with van der Waals surface area (Å²) in [6, 6.07) is 8.57. The Labute approximate surface area is 66.6 Å². The highest BCUT2D eigenvalue weighted by molar-refractivity contribution is 5.63. The van der Waals surface area contributed by atoms with E-state index < -0.39 is 0 Å². The zero-order valence-electron chi connectivity index (χ0n) is 6.83. The van der Waals surface area contributed by atoms with Gasteiger partial charge in [0.15, 0.2) is 0 Å². The molecule has 0 spiro atoms. The summed E-state index contributed by atoms with van der Waals surface area (Å²) in [5.74, 6) is 0. The Morgan fingerprint density at radius 2 is 2.09 bits per heavy atom. The Hall–Kier alpha value is -1.24. The number of hydrogen-bond acceptors (Lipinski definition) is 0. The van der Waals surface area contributed by atoms with Gasteiger partial charge in [-0.1, -0.05) is 12.1 Å². The van der Waals surface area contributed by atoms with Crippen molar-refractivity contribution in [2.45, 2.75) is 6.92 Å². The highest BCUT2D eigenvalue weighted by atomic mass is 14.9. The number of aromatic nitrogens is 1. The molecule has 0 fully saturated rings. The van der Waals surface area contributed by atoms with Crippen LogP contribution in [0.3, 0.4) is 0 Å². The van der Waals surface area contributed by atoms with Crippen molar-refractivity contribution in [2.75, 3.05) is 0 Å². The summed E-state index contributed by atoms with van der Waals surface area (Å²) in [5.41, 5.74) is 3.94. The molecule has 0 N–H and O–H groups in total. The van der Waals surface area contributed by atoms with Crippen LogP contribution in [0.15, 0.2) is 30.5 Å². The number of fused-ring (bicyclic) bond motifs is 1. The van der Waals surface area contributed by atoms with Gasteiger partial charge in [-0.2, -0.15) is 0 Å². The normalized spacial score (nSPS) is 10.7. The molecule has 2 rings (SSSR count). The predicted octanol–water partition coefficient (Wildman–Crippen LogP) is 2.44. The van der Waals surface area contributed by atoms with Crippen LogP contribution in [0.4, 0.5) is 0 Å². The largest absolute Gasteiger partial charge is 0.350 e. The van der Waals surface area contributed by atoms with Crippen LogP contribution >= 0.6 is 0 Å². The molecule has 0 aromatic carbocycles. The van der Waals surface area contributed by atoms with E-state index in [1.165, 1.54) is 16.8 Å². The molecular weight excluding hydrogens is 134 g/mol. The lowest BCUT2D eigenvalue weighted by atomic mass is 10.2. The summed E-state index contributed by atoms with van der Waals surface area (Å²) in [6.07, 6.45) is 2.14. The molecule has 0 saturated carbocycles. The van der Waals surface area contributed by atoms with Crippen molar-refractivity contribution in [3.8, 4) is 11.3 Å². The van der Waals surface area contributed by atoms with E-state index in [0.29, 0.717) is 0 Å². The van der Waals surface area contributed by atoms with Gasteiger partial charge in [0.05, 0.1) is 0 Å². The van der Waals surface area contributed by atoms with E-state index in [4.69, 9.17) is 0 Å². The molecule has 0 unspecified atom stereocenters. The van der Waals surface area contributed by atoms with Crippen LogP contribution in [0.5, 0.6) is 0 Å². The minimum absolute atomic E-state index is 1.30. The van der Waals surface area contributed by atoms with Gasteiger partial charge in [0.2, 0.25) is 0 Å². The third-order valence-corrected chi connectivity index (χ3v) is 1.99. The van der Waals surface area contributed by atoms with Crippen molar-refractivity contribution in [2.24, 2.45) is 7.05 Å². The smallest absolute Gasteiger partial charge is 0.0477 e. The lowest BCUT2D eigenvalue weighted by Crippen LogP contribution is -1.95. The minimum Gasteiger partial charge on any atom is -0.350 e. The standard InChI is InChI=1S/C10H11N/c1-8-6-9-4-3-5-10(9)11(2)7-8/h3-7H,1-2H3. The van der Waals surface area contributed by atoms with E-state index in [9.17, 15) is 0 Å². The first-order valence-electron chi connectivity index (χ1n) is 3.79. The third kappa shape index (κ3) is 0.929. The van der Waals surface area contributed by atoms with Gasteiger partial charge in [-0.05, 0) is 30.2 Å². The molecule has 0 bridgehead atoms. The predicted molar refractivity (Wildman–Crippen MR) is 46.8 cm³/mol. The summed E-state index contributed by atoms with van der Waals surface area (Å²) in [6.45, 7) is 2.12. The Morgan fingerprint density at radius 3 is 2.91 bits per heavy atom. The Kier molecular flexibility index (Phi) is 1.25. The maximum Gasteiger partial charge on any atom is 0.0477 e. The fraction of sp³-hybridized carbons (Fsp3) is 0.200. The quantitative estimate of drug-likeness (QED) is 0.536.